The number of likely N-dealkylation sites (tertiary alicyclic amines) is 2. The van der Waals surface area contributed by atoms with Gasteiger partial charge in [0.2, 0.25) is 35.4 Å². The monoisotopic (exact) mass is 930 g/mol. The molecule has 20 nitrogen and oxygen atoms in total. The summed E-state index contributed by atoms with van der Waals surface area (Å²) in [5, 5.41) is 30.4. The van der Waals surface area contributed by atoms with E-state index in [1.54, 1.807) is 38.8 Å². The van der Waals surface area contributed by atoms with Crippen LogP contribution in [0.1, 0.15) is 105 Å². The predicted molar refractivity (Wildman–Crippen MR) is 251 cm³/mol. The second-order valence-corrected chi connectivity index (χ2v) is 18.2. The highest BCUT2D eigenvalue weighted by Gasteiger charge is 2.45. The summed E-state index contributed by atoms with van der Waals surface area (Å²) < 4.78 is 1.54. The van der Waals surface area contributed by atoms with E-state index in [0.29, 0.717) is 5.69 Å². The first kappa shape index (κ1) is 49.1. The zero-order chi connectivity index (χ0) is 48.5. The van der Waals surface area contributed by atoms with Crippen LogP contribution >= 0.6 is 0 Å². The first-order chi connectivity index (χ1) is 32.8. The van der Waals surface area contributed by atoms with E-state index < -0.39 is 72.0 Å². The quantitative estimate of drug-likeness (QED) is 0.0496. The molecule has 7 rings (SSSR count). The van der Waals surface area contributed by atoms with E-state index in [1.807, 2.05) is 42.5 Å². The van der Waals surface area contributed by atoms with E-state index in [-0.39, 0.29) is 62.7 Å². The standard InChI is InChI=1S/C48H62N14O6/c1-6-13-39(54-43(63)28(2)50-4)47(67)61-27-34(24-42(61)46(66)53-38-21-12-17-31-15-8-10-19-36(31)38)62-26-32(57-59-62)22-40(55-44(64)29(3)51-5)48(68)60-25-33(56-58-49)23-41(60)45(65)52-37-20-11-16-30-14-7-9-18-35(30)37/h1,7-10,14-15,18-19,26,28-29,33-34,37-42,50-51H,11-13,16-17,20-25,27H2,2-5H3,(H,52,65)(H,53,66)(H,54,63)(H,55,64)/t28-,29-,33-,34-,37+,38+,39-,40-,41-,42-/m0/s1. The van der Waals surface area contributed by atoms with E-state index in [9.17, 15) is 34.3 Å². The minimum Gasteiger partial charge on any atom is -0.347 e. The van der Waals surface area contributed by atoms with E-state index in [4.69, 9.17) is 6.42 Å². The SMILES string of the molecule is C#CC[C@H](NC(=O)[C@H](C)NC)C(=O)N1C[C@@H](n2cc(C[C@H](NC(=O)[C@H](C)NC)C(=O)N3C[C@@H](N=[N+]=[N-])C[C@H]3C(=O)N[C@@H]3CCCc4ccccc43)nn2)C[C@H]1C(=O)N[C@@H]1CCCc2ccccc21. The Hall–Kier alpha value is -6.81. The molecule has 1 aromatic heterocycles. The lowest BCUT2D eigenvalue weighted by molar-refractivity contribution is -0.141. The number of fused-ring (bicyclic) bond motifs is 2. The predicted octanol–water partition coefficient (Wildman–Crippen LogP) is 1.84. The maximum Gasteiger partial charge on any atom is 0.246 e. The summed E-state index contributed by atoms with van der Waals surface area (Å²) in [4.78, 5) is 89.9. The van der Waals surface area contributed by atoms with Gasteiger partial charge < -0.3 is 41.7 Å². The summed E-state index contributed by atoms with van der Waals surface area (Å²) in [6.45, 7) is 3.28. The molecular weight excluding hydrogens is 869 g/mol. The number of likely N-dealkylation sites (N-methyl/N-ethyl adjacent to an activating group) is 2. The van der Waals surface area contributed by atoms with Gasteiger partial charge >= 0.3 is 0 Å². The molecule has 2 aliphatic carbocycles. The second kappa shape index (κ2) is 22.3. The first-order valence-corrected chi connectivity index (χ1v) is 23.5. The molecule has 0 spiro atoms. The van der Waals surface area contributed by atoms with Crippen LogP contribution in [0.25, 0.3) is 10.4 Å². The van der Waals surface area contributed by atoms with Gasteiger partial charge in [-0.05, 0) is 101 Å². The Morgan fingerprint density at radius 2 is 1.32 bits per heavy atom. The Morgan fingerprint density at radius 1 is 0.794 bits per heavy atom. The molecule has 2 aromatic carbocycles. The van der Waals surface area contributed by atoms with Crippen LogP contribution in [0.2, 0.25) is 0 Å². The third-order valence-electron chi connectivity index (χ3n) is 13.9. The molecular formula is C48H62N14O6. The van der Waals surface area contributed by atoms with Crippen molar-refractivity contribution in [2.75, 3.05) is 27.2 Å². The minimum atomic E-state index is -1.22. The van der Waals surface area contributed by atoms with Crippen molar-refractivity contribution in [2.45, 2.75) is 138 Å². The Labute approximate surface area is 396 Å². The molecule has 4 aliphatic rings. The number of nitrogens with one attached hydrogen (secondary N) is 6. The molecule has 2 saturated heterocycles. The van der Waals surface area contributed by atoms with Gasteiger partial charge in [0.15, 0.2) is 0 Å². The lowest BCUT2D eigenvalue weighted by Gasteiger charge is -2.31. The molecule has 2 aliphatic heterocycles. The minimum absolute atomic E-state index is 0.0229. The van der Waals surface area contributed by atoms with Gasteiger partial charge in [-0.3, -0.25) is 28.8 Å². The molecule has 0 saturated carbocycles. The molecule has 0 unspecified atom stereocenters. The number of aromatic nitrogens is 3. The topological polar surface area (TPSA) is 261 Å². The fraction of sp³-hybridized carbons (Fsp3) is 0.542. The summed E-state index contributed by atoms with van der Waals surface area (Å²) in [7, 11) is 3.24. The van der Waals surface area contributed by atoms with E-state index in [2.05, 4.69) is 64.2 Å². The van der Waals surface area contributed by atoms with Gasteiger partial charge in [-0.1, -0.05) is 58.9 Å². The van der Waals surface area contributed by atoms with Crippen LogP contribution in [0, 0.1) is 12.3 Å². The Bertz CT molecular complexity index is 2450. The molecule has 2 fully saturated rings. The largest absolute Gasteiger partial charge is 0.347 e. The highest BCUT2D eigenvalue weighted by molar-refractivity contribution is 5.95. The van der Waals surface area contributed by atoms with Crippen molar-refractivity contribution in [2.24, 2.45) is 5.11 Å². The van der Waals surface area contributed by atoms with Crippen LogP contribution in [-0.4, -0.2) is 130 Å². The number of benzene rings is 2. The van der Waals surface area contributed by atoms with Gasteiger partial charge in [-0.2, -0.15) is 0 Å². The van der Waals surface area contributed by atoms with E-state index in [1.165, 1.54) is 9.80 Å². The van der Waals surface area contributed by atoms with Crippen molar-refractivity contribution in [1.29, 1.82) is 0 Å². The summed E-state index contributed by atoms with van der Waals surface area (Å²) in [6, 6.07) is 8.58. The number of amides is 6. The number of nitrogens with zero attached hydrogens (tertiary/aromatic N) is 8. The molecule has 360 valence electrons. The summed E-state index contributed by atoms with van der Waals surface area (Å²) in [5.74, 6) is -0.239. The highest BCUT2D eigenvalue weighted by Crippen LogP contribution is 2.34. The maximum atomic E-state index is 14.7. The number of hydrogen-bond donors (Lipinski definition) is 6. The third-order valence-corrected chi connectivity index (χ3v) is 13.9. The molecule has 6 N–H and O–H groups in total. The molecule has 0 bridgehead atoms. The molecule has 68 heavy (non-hydrogen) atoms. The van der Waals surface area contributed by atoms with Crippen LogP contribution in [0.5, 0.6) is 0 Å². The molecule has 6 amide bonds. The third kappa shape index (κ3) is 11.1. The van der Waals surface area contributed by atoms with Crippen molar-refractivity contribution in [1.82, 2.24) is 56.7 Å². The number of carbonyl (C=O) groups is 6. The number of rotatable bonds is 17. The van der Waals surface area contributed by atoms with Gasteiger partial charge in [0.25, 0.3) is 0 Å². The van der Waals surface area contributed by atoms with Crippen LogP contribution in [0.15, 0.2) is 59.8 Å². The zero-order valence-corrected chi connectivity index (χ0v) is 39.1. The Kier molecular flexibility index (Phi) is 16.1. The molecule has 20 heteroatoms. The lowest BCUT2D eigenvalue weighted by atomic mass is 9.87. The smallest absolute Gasteiger partial charge is 0.246 e. The van der Waals surface area contributed by atoms with Crippen molar-refractivity contribution >= 4 is 35.4 Å². The number of aryl methyl sites for hydroxylation is 2. The number of terminal acetylenes is 1. The van der Waals surface area contributed by atoms with Gasteiger partial charge in [0, 0.05) is 43.5 Å². The van der Waals surface area contributed by atoms with Crippen molar-refractivity contribution in [3.8, 4) is 12.3 Å². The van der Waals surface area contributed by atoms with Crippen LogP contribution in [0.3, 0.4) is 0 Å². The average molecular weight is 931 g/mol. The van der Waals surface area contributed by atoms with Crippen LogP contribution in [-0.2, 0) is 48.0 Å². The fourth-order valence-corrected chi connectivity index (χ4v) is 9.87. The highest BCUT2D eigenvalue weighted by atomic mass is 16.2. The van der Waals surface area contributed by atoms with Crippen molar-refractivity contribution < 1.29 is 28.8 Å². The number of azide groups is 1. The van der Waals surface area contributed by atoms with Gasteiger partial charge in [-0.25, -0.2) is 4.68 Å². The zero-order valence-electron chi connectivity index (χ0n) is 39.1. The van der Waals surface area contributed by atoms with E-state index >= 15 is 0 Å². The number of hydrogen-bond acceptors (Lipinski definition) is 11. The first-order valence-electron chi connectivity index (χ1n) is 23.5. The maximum absolute atomic E-state index is 14.7. The normalized spacial score (nSPS) is 23.6. The van der Waals surface area contributed by atoms with Gasteiger partial charge in [0.1, 0.15) is 24.2 Å². The summed E-state index contributed by atoms with van der Waals surface area (Å²) in [6.07, 6.45) is 12.3. The molecule has 10 atom stereocenters. The summed E-state index contributed by atoms with van der Waals surface area (Å²) in [5.41, 5.74) is 14.1. The van der Waals surface area contributed by atoms with Crippen LogP contribution < -0.4 is 31.9 Å². The molecule has 3 heterocycles. The van der Waals surface area contributed by atoms with Crippen LogP contribution in [0.4, 0.5) is 0 Å². The second-order valence-electron chi connectivity index (χ2n) is 18.2. The van der Waals surface area contributed by atoms with Gasteiger partial charge in [-0.15, -0.1) is 17.4 Å². The Balaban J connectivity index is 1.13. The summed E-state index contributed by atoms with van der Waals surface area (Å²) >= 11 is 0. The molecule has 3 aromatic rings. The average Bonchev–Trinajstić information content (AvgIpc) is 4.12. The molecule has 0 radical (unpaired) electrons. The fourth-order valence-electron chi connectivity index (χ4n) is 9.87. The van der Waals surface area contributed by atoms with Crippen molar-refractivity contribution in [3.63, 3.8) is 0 Å². The number of carbonyl (C=O) groups excluding carboxylic acids is 6. The van der Waals surface area contributed by atoms with Crippen molar-refractivity contribution in [3.05, 3.63) is 93.1 Å². The Morgan fingerprint density at radius 3 is 1.88 bits per heavy atom. The van der Waals surface area contributed by atoms with E-state index in [0.717, 1.165) is 60.8 Å². The van der Waals surface area contributed by atoms with Gasteiger partial charge in [0.05, 0.1) is 41.9 Å². The lowest BCUT2D eigenvalue weighted by Crippen LogP contribution is -2.56.